The molecule has 3 rings (SSSR count). The second-order valence-electron chi connectivity index (χ2n) is 3.93. The number of nitriles is 1. The molecule has 1 aromatic heterocycles. The number of hydrogen-bond acceptors (Lipinski definition) is 4. The SMILES string of the molecule is N#CC1(c2nnn(-c3ccccc3)n2)CC1. The van der Waals surface area contributed by atoms with Gasteiger partial charge in [0.15, 0.2) is 5.82 Å². The van der Waals surface area contributed by atoms with E-state index < -0.39 is 5.41 Å². The van der Waals surface area contributed by atoms with E-state index in [1.165, 1.54) is 4.80 Å². The monoisotopic (exact) mass is 211 g/mol. The fourth-order valence-corrected chi connectivity index (χ4v) is 1.59. The Kier molecular flexibility index (Phi) is 1.77. The van der Waals surface area contributed by atoms with Gasteiger partial charge in [-0.05, 0) is 30.2 Å². The largest absolute Gasteiger partial charge is 0.197 e. The van der Waals surface area contributed by atoms with Gasteiger partial charge >= 0.3 is 0 Å². The first-order chi connectivity index (χ1) is 7.84. The van der Waals surface area contributed by atoms with Crippen molar-refractivity contribution < 1.29 is 0 Å². The average Bonchev–Trinajstić information content (AvgIpc) is 3.00. The summed E-state index contributed by atoms with van der Waals surface area (Å²) >= 11 is 0. The van der Waals surface area contributed by atoms with E-state index >= 15 is 0 Å². The third kappa shape index (κ3) is 1.27. The highest BCUT2D eigenvalue weighted by Crippen LogP contribution is 2.45. The van der Waals surface area contributed by atoms with Crippen molar-refractivity contribution in [2.45, 2.75) is 18.3 Å². The minimum atomic E-state index is -0.465. The Hall–Kier alpha value is -2.22. The summed E-state index contributed by atoms with van der Waals surface area (Å²) in [5.74, 6) is 0.541. The van der Waals surface area contributed by atoms with Gasteiger partial charge in [-0.1, -0.05) is 18.2 Å². The fraction of sp³-hybridized carbons (Fsp3) is 0.273. The number of para-hydroxylation sites is 1. The first-order valence-electron chi connectivity index (χ1n) is 5.11. The van der Waals surface area contributed by atoms with Gasteiger partial charge in [-0.25, -0.2) is 0 Å². The van der Waals surface area contributed by atoms with Crippen LogP contribution in [0.15, 0.2) is 30.3 Å². The first kappa shape index (κ1) is 9.04. The third-order valence-corrected chi connectivity index (χ3v) is 2.79. The summed E-state index contributed by atoms with van der Waals surface area (Å²) in [7, 11) is 0. The van der Waals surface area contributed by atoms with E-state index in [9.17, 15) is 0 Å². The molecule has 1 fully saturated rings. The maximum absolute atomic E-state index is 9.02. The molecule has 0 spiro atoms. The molecule has 5 heteroatoms. The summed E-state index contributed by atoms with van der Waals surface area (Å²) in [6, 6.07) is 11.8. The van der Waals surface area contributed by atoms with Crippen LogP contribution >= 0.6 is 0 Å². The topological polar surface area (TPSA) is 67.4 Å². The van der Waals surface area contributed by atoms with Crippen LogP contribution in [0.2, 0.25) is 0 Å². The van der Waals surface area contributed by atoms with Crippen LogP contribution in [0.3, 0.4) is 0 Å². The molecule has 0 atom stereocenters. The molecule has 0 unspecified atom stereocenters. The predicted octanol–water partition coefficient (Wildman–Crippen LogP) is 1.22. The van der Waals surface area contributed by atoms with Crippen molar-refractivity contribution in [3.8, 4) is 11.8 Å². The standard InChI is InChI=1S/C11H9N5/c12-8-11(6-7-11)10-13-15-16(14-10)9-4-2-1-3-5-9/h1-5H,6-7H2. The Morgan fingerprint density at radius 3 is 2.62 bits per heavy atom. The zero-order valence-corrected chi connectivity index (χ0v) is 8.54. The van der Waals surface area contributed by atoms with Crippen LogP contribution < -0.4 is 0 Å². The maximum Gasteiger partial charge on any atom is 0.195 e. The lowest BCUT2D eigenvalue weighted by Gasteiger charge is -1.97. The number of aromatic nitrogens is 4. The Bertz CT molecular complexity index is 547. The van der Waals surface area contributed by atoms with Gasteiger partial charge in [0, 0.05) is 0 Å². The molecule has 1 aromatic carbocycles. The molecule has 0 saturated heterocycles. The van der Waals surface area contributed by atoms with E-state index in [-0.39, 0.29) is 0 Å². The minimum Gasteiger partial charge on any atom is -0.197 e. The van der Waals surface area contributed by atoms with Crippen molar-refractivity contribution in [1.29, 1.82) is 5.26 Å². The van der Waals surface area contributed by atoms with Crippen LogP contribution in [0.5, 0.6) is 0 Å². The Balaban J connectivity index is 1.98. The van der Waals surface area contributed by atoms with E-state index in [4.69, 9.17) is 5.26 Å². The number of rotatable bonds is 2. The molecular weight excluding hydrogens is 202 g/mol. The van der Waals surface area contributed by atoms with Crippen molar-refractivity contribution in [3.05, 3.63) is 36.2 Å². The lowest BCUT2D eigenvalue weighted by Crippen LogP contribution is -2.06. The van der Waals surface area contributed by atoms with E-state index in [0.29, 0.717) is 5.82 Å². The van der Waals surface area contributed by atoms with Crippen molar-refractivity contribution in [3.63, 3.8) is 0 Å². The summed E-state index contributed by atoms with van der Waals surface area (Å²) in [4.78, 5) is 1.47. The molecule has 78 valence electrons. The lowest BCUT2D eigenvalue weighted by atomic mass is 10.1. The van der Waals surface area contributed by atoms with Crippen molar-refractivity contribution in [1.82, 2.24) is 20.2 Å². The normalized spacial score (nSPS) is 16.7. The van der Waals surface area contributed by atoms with E-state index in [0.717, 1.165) is 18.5 Å². The van der Waals surface area contributed by atoms with Crippen molar-refractivity contribution >= 4 is 0 Å². The van der Waals surface area contributed by atoms with Gasteiger partial charge in [0.2, 0.25) is 0 Å². The molecule has 1 aliphatic rings. The molecule has 0 aliphatic heterocycles. The van der Waals surface area contributed by atoms with Crippen LogP contribution in [0.4, 0.5) is 0 Å². The minimum absolute atomic E-state index is 0.465. The number of tetrazole rings is 1. The zero-order chi connectivity index (χ0) is 11.0. The molecule has 1 saturated carbocycles. The molecule has 16 heavy (non-hydrogen) atoms. The second-order valence-corrected chi connectivity index (χ2v) is 3.93. The third-order valence-electron chi connectivity index (χ3n) is 2.79. The number of hydrogen-bond donors (Lipinski definition) is 0. The molecule has 0 radical (unpaired) electrons. The lowest BCUT2D eigenvalue weighted by molar-refractivity contribution is 0.713. The van der Waals surface area contributed by atoms with Crippen molar-refractivity contribution in [2.75, 3.05) is 0 Å². The Labute approximate surface area is 92.3 Å². The van der Waals surface area contributed by atoms with Gasteiger partial charge in [-0.15, -0.1) is 15.0 Å². The van der Waals surface area contributed by atoms with Crippen molar-refractivity contribution in [2.24, 2.45) is 0 Å². The zero-order valence-electron chi connectivity index (χ0n) is 8.54. The highest BCUT2D eigenvalue weighted by molar-refractivity contribution is 5.31. The van der Waals surface area contributed by atoms with Gasteiger partial charge in [0.1, 0.15) is 5.41 Å². The van der Waals surface area contributed by atoms with Gasteiger partial charge in [0.05, 0.1) is 11.8 Å². The van der Waals surface area contributed by atoms with Crippen LogP contribution in [-0.4, -0.2) is 20.2 Å². The Morgan fingerprint density at radius 1 is 1.25 bits per heavy atom. The molecule has 0 N–H and O–H groups in total. The predicted molar refractivity (Wildman–Crippen MR) is 55.7 cm³/mol. The van der Waals surface area contributed by atoms with Crippen LogP contribution in [0, 0.1) is 11.3 Å². The Morgan fingerprint density at radius 2 is 2.00 bits per heavy atom. The fourth-order valence-electron chi connectivity index (χ4n) is 1.59. The van der Waals surface area contributed by atoms with E-state index in [2.05, 4.69) is 21.5 Å². The van der Waals surface area contributed by atoms with Crippen LogP contribution in [0.25, 0.3) is 5.69 Å². The molecular formula is C11H9N5. The van der Waals surface area contributed by atoms with E-state index in [1.807, 2.05) is 30.3 Å². The number of benzene rings is 1. The summed E-state index contributed by atoms with van der Waals surface area (Å²) in [5.41, 5.74) is 0.391. The smallest absolute Gasteiger partial charge is 0.195 e. The summed E-state index contributed by atoms with van der Waals surface area (Å²) in [6.45, 7) is 0. The molecule has 1 heterocycles. The summed E-state index contributed by atoms with van der Waals surface area (Å²) < 4.78 is 0. The van der Waals surface area contributed by atoms with E-state index in [1.54, 1.807) is 0 Å². The molecule has 5 nitrogen and oxygen atoms in total. The van der Waals surface area contributed by atoms with Gasteiger partial charge in [-0.3, -0.25) is 0 Å². The highest BCUT2D eigenvalue weighted by atomic mass is 15.6. The average molecular weight is 211 g/mol. The molecule has 0 amide bonds. The van der Waals surface area contributed by atoms with Crippen LogP contribution in [-0.2, 0) is 5.41 Å². The maximum atomic E-state index is 9.02. The quantitative estimate of drug-likeness (QED) is 0.749. The van der Waals surface area contributed by atoms with Gasteiger partial charge in [-0.2, -0.15) is 5.26 Å². The molecule has 1 aliphatic carbocycles. The molecule has 2 aromatic rings. The summed E-state index contributed by atoms with van der Waals surface area (Å²) in [5, 5.41) is 21.2. The highest BCUT2D eigenvalue weighted by Gasteiger charge is 2.49. The van der Waals surface area contributed by atoms with Gasteiger partial charge < -0.3 is 0 Å². The summed E-state index contributed by atoms with van der Waals surface area (Å²) in [6.07, 6.45) is 1.67. The van der Waals surface area contributed by atoms with Crippen LogP contribution in [0.1, 0.15) is 18.7 Å². The first-order valence-corrected chi connectivity index (χ1v) is 5.11. The number of nitrogens with zero attached hydrogens (tertiary/aromatic N) is 5. The molecule has 0 bridgehead atoms. The van der Waals surface area contributed by atoms with Gasteiger partial charge in [0.25, 0.3) is 0 Å². The second kappa shape index (κ2) is 3.14.